The molecule has 0 atom stereocenters. The highest BCUT2D eigenvalue weighted by Gasteiger charge is 2.34. The first-order valence-corrected chi connectivity index (χ1v) is 13.1. The zero-order valence-electron chi connectivity index (χ0n) is 22.8. The second-order valence-electron chi connectivity index (χ2n) is 11.1. The van der Waals surface area contributed by atoms with Crippen LogP contribution in [0.5, 0.6) is 0 Å². The van der Waals surface area contributed by atoms with Crippen molar-refractivity contribution in [3.05, 3.63) is 40.6 Å². The summed E-state index contributed by atoms with van der Waals surface area (Å²) >= 11 is 0. The van der Waals surface area contributed by atoms with Crippen LogP contribution in [0.2, 0.25) is 0 Å². The molecule has 9 nitrogen and oxygen atoms in total. The van der Waals surface area contributed by atoms with Crippen molar-refractivity contribution in [2.24, 2.45) is 5.73 Å². The molecule has 2 aliphatic rings. The minimum absolute atomic E-state index is 0.00565. The molecule has 1 fully saturated rings. The predicted molar refractivity (Wildman–Crippen MR) is 141 cm³/mol. The van der Waals surface area contributed by atoms with Gasteiger partial charge in [0.1, 0.15) is 5.60 Å². The first-order valence-electron chi connectivity index (χ1n) is 13.1. The van der Waals surface area contributed by atoms with Crippen molar-refractivity contribution in [1.29, 1.82) is 0 Å². The molecular weight excluding hydrogens is 494 g/mol. The summed E-state index contributed by atoms with van der Waals surface area (Å²) in [5.41, 5.74) is 8.25. The number of nitrogens with two attached hydrogens (primary N) is 1. The van der Waals surface area contributed by atoms with E-state index in [1.165, 1.54) is 12.1 Å². The van der Waals surface area contributed by atoms with Crippen LogP contribution in [0.15, 0.2) is 18.2 Å². The molecular formula is C27H38F2N6O3. The lowest BCUT2D eigenvalue weighted by molar-refractivity contribution is -0.131. The second kappa shape index (κ2) is 10.9. The van der Waals surface area contributed by atoms with Crippen LogP contribution in [-0.4, -0.2) is 70.4 Å². The standard InChI is InChI=1S/C27H38F2N6O3/c1-17-6-7-18(24(28)29)14-22(17)32(5)25-20-16-34(26(37)38-27(2,3)4)13-10-21(20)35(31-25)19-8-11-33(12-9-19)23(36)15-30/h6-7,14,19,24H,8-13,15-16,30H2,1-5H3. The van der Waals surface area contributed by atoms with Crippen LogP contribution < -0.4 is 10.6 Å². The van der Waals surface area contributed by atoms with E-state index in [4.69, 9.17) is 15.6 Å². The van der Waals surface area contributed by atoms with Gasteiger partial charge in [-0.3, -0.25) is 9.48 Å². The summed E-state index contributed by atoms with van der Waals surface area (Å²) < 4.78 is 34.7. The molecule has 11 heteroatoms. The van der Waals surface area contributed by atoms with E-state index in [0.29, 0.717) is 44.1 Å². The van der Waals surface area contributed by atoms with Gasteiger partial charge in [0.15, 0.2) is 5.82 Å². The van der Waals surface area contributed by atoms with Gasteiger partial charge in [0.05, 0.1) is 19.1 Å². The zero-order chi connectivity index (χ0) is 27.8. The molecule has 2 amide bonds. The number of benzene rings is 1. The van der Waals surface area contributed by atoms with Crippen LogP contribution >= 0.6 is 0 Å². The SMILES string of the molecule is Cc1ccc(C(F)F)cc1N(C)c1nn(C2CCN(C(=O)CN)CC2)c2c1CN(C(=O)OC(C)(C)C)CC2. The van der Waals surface area contributed by atoms with Gasteiger partial charge >= 0.3 is 6.09 Å². The van der Waals surface area contributed by atoms with Gasteiger partial charge in [-0.05, 0) is 52.2 Å². The topological polar surface area (TPSA) is 96.9 Å². The van der Waals surface area contributed by atoms with E-state index in [0.717, 1.165) is 29.7 Å². The lowest BCUT2D eigenvalue weighted by Gasteiger charge is -2.34. The highest BCUT2D eigenvalue weighted by atomic mass is 19.3. The van der Waals surface area contributed by atoms with Crippen molar-refractivity contribution in [1.82, 2.24) is 19.6 Å². The molecule has 0 radical (unpaired) electrons. The minimum Gasteiger partial charge on any atom is -0.444 e. The molecule has 0 spiro atoms. The number of nitrogens with zero attached hydrogens (tertiary/aromatic N) is 5. The number of anilines is 2. The van der Waals surface area contributed by atoms with Gasteiger partial charge in [-0.15, -0.1) is 0 Å². The van der Waals surface area contributed by atoms with Gasteiger partial charge in [-0.1, -0.05) is 12.1 Å². The smallest absolute Gasteiger partial charge is 0.410 e. The Bertz CT molecular complexity index is 1180. The molecule has 1 aromatic carbocycles. The number of ether oxygens (including phenoxy) is 1. The van der Waals surface area contributed by atoms with Crippen LogP contribution in [0.25, 0.3) is 0 Å². The van der Waals surface area contributed by atoms with Gasteiger partial charge in [-0.25, -0.2) is 13.6 Å². The highest BCUT2D eigenvalue weighted by molar-refractivity contribution is 5.78. The van der Waals surface area contributed by atoms with Gasteiger partial charge in [0.2, 0.25) is 5.91 Å². The summed E-state index contributed by atoms with van der Waals surface area (Å²) in [5.74, 6) is 0.567. The molecule has 0 aliphatic carbocycles. The number of hydrogen-bond acceptors (Lipinski definition) is 6. The number of amides is 2. The number of hydrogen-bond donors (Lipinski definition) is 1. The molecule has 2 aliphatic heterocycles. The van der Waals surface area contributed by atoms with Gasteiger partial charge in [-0.2, -0.15) is 5.10 Å². The van der Waals surface area contributed by atoms with Crippen LogP contribution in [0.4, 0.5) is 25.1 Å². The average Bonchev–Trinajstić information content (AvgIpc) is 3.26. The summed E-state index contributed by atoms with van der Waals surface area (Å²) in [5, 5.41) is 5.01. The molecule has 208 valence electrons. The molecule has 0 unspecified atom stereocenters. The summed E-state index contributed by atoms with van der Waals surface area (Å²) in [4.78, 5) is 30.3. The van der Waals surface area contributed by atoms with E-state index in [1.807, 2.05) is 44.3 Å². The maximum Gasteiger partial charge on any atom is 0.410 e. The molecule has 3 heterocycles. The number of fused-ring (bicyclic) bond motifs is 1. The third kappa shape index (κ3) is 5.77. The Morgan fingerprint density at radius 3 is 2.47 bits per heavy atom. The number of halogens is 2. The molecule has 2 N–H and O–H groups in total. The van der Waals surface area contributed by atoms with E-state index in [2.05, 4.69) is 0 Å². The Kier molecular flexibility index (Phi) is 7.96. The Morgan fingerprint density at radius 2 is 1.87 bits per heavy atom. The van der Waals surface area contributed by atoms with Gasteiger partial charge in [0.25, 0.3) is 6.43 Å². The molecule has 0 saturated carbocycles. The fourth-order valence-corrected chi connectivity index (χ4v) is 5.21. The molecule has 2 aromatic rings. The van der Waals surface area contributed by atoms with Crippen LogP contribution in [-0.2, 0) is 22.5 Å². The maximum absolute atomic E-state index is 13.5. The molecule has 1 aromatic heterocycles. The van der Waals surface area contributed by atoms with Crippen LogP contribution in [0.3, 0.4) is 0 Å². The number of alkyl halides is 2. The molecule has 38 heavy (non-hydrogen) atoms. The van der Waals surface area contributed by atoms with Crippen LogP contribution in [0, 0.1) is 6.92 Å². The number of carbonyl (C=O) groups excluding carboxylic acids is 2. The third-order valence-corrected chi connectivity index (χ3v) is 7.22. The maximum atomic E-state index is 13.5. The average molecular weight is 533 g/mol. The monoisotopic (exact) mass is 532 g/mol. The normalized spacial score (nSPS) is 16.6. The van der Waals surface area contributed by atoms with Crippen molar-refractivity contribution in [3.63, 3.8) is 0 Å². The van der Waals surface area contributed by atoms with E-state index < -0.39 is 18.1 Å². The van der Waals surface area contributed by atoms with Gasteiger partial charge < -0.3 is 25.2 Å². The first-order chi connectivity index (χ1) is 17.9. The van der Waals surface area contributed by atoms with Crippen LogP contribution in [0.1, 0.15) is 68.5 Å². The summed E-state index contributed by atoms with van der Waals surface area (Å²) in [7, 11) is 1.82. The van der Waals surface area contributed by atoms with E-state index in [9.17, 15) is 18.4 Å². The lowest BCUT2D eigenvalue weighted by atomic mass is 10.0. The Hall–Kier alpha value is -3.21. The summed E-state index contributed by atoms with van der Waals surface area (Å²) in [6, 6.07) is 4.70. The van der Waals surface area contributed by atoms with Crippen molar-refractivity contribution < 1.29 is 23.1 Å². The number of likely N-dealkylation sites (tertiary alicyclic amines) is 1. The summed E-state index contributed by atoms with van der Waals surface area (Å²) in [6.45, 7) is 9.35. The van der Waals surface area contributed by atoms with E-state index >= 15 is 0 Å². The van der Waals surface area contributed by atoms with Crippen molar-refractivity contribution in [2.45, 2.75) is 71.6 Å². The minimum atomic E-state index is -2.58. The molecule has 4 rings (SSSR count). The number of aromatic nitrogens is 2. The number of aryl methyl sites for hydroxylation is 1. The van der Waals surface area contributed by atoms with Crippen molar-refractivity contribution >= 4 is 23.5 Å². The number of piperidine rings is 1. The Morgan fingerprint density at radius 1 is 1.18 bits per heavy atom. The molecule has 0 bridgehead atoms. The quantitative estimate of drug-likeness (QED) is 0.616. The fourth-order valence-electron chi connectivity index (χ4n) is 5.21. The Balaban J connectivity index is 1.70. The Labute approximate surface area is 222 Å². The summed E-state index contributed by atoms with van der Waals surface area (Å²) in [6.07, 6.45) is -0.919. The predicted octanol–water partition coefficient (Wildman–Crippen LogP) is 4.31. The van der Waals surface area contributed by atoms with Crippen molar-refractivity contribution in [3.8, 4) is 0 Å². The second-order valence-corrected chi connectivity index (χ2v) is 11.1. The highest BCUT2D eigenvalue weighted by Crippen LogP contribution is 2.38. The first kappa shape index (κ1) is 27.8. The number of carbonyl (C=O) groups is 2. The van der Waals surface area contributed by atoms with Crippen molar-refractivity contribution in [2.75, 3.05) is 38.1 Å². The molecule has 1 saturated heterocycles. The number of rotatable bonds is 5. The zero-order valence-corrected chi connectivity index (χ0v) is 22.8. The van der Waals surface area contributed by atoms with E-state index in [1.54, 1.807) is 15.9 Å². The lowest BCUT2D eigenvalue weighted by Crippen LogP contribution is -2.43. The van der Waals surface area contributed by atoms with E-state index in [-0.39, 0.29) is 24.1 Å². The third-order valence-electron chi connectivity index (χ3n) is 7.22. The largest absolute Gasteiger partial charge is 0.444 e. The fraction of sp³-hybridized carbons (Fsp3) is 0.593. The van der Waals surface area contributed by atoms with Gasteiger partial charge in [0, 0.05) is 55.6 Å².